The highest BCUT2D eigenvalue weighted by molar-refractivity contribution is 4.83. The first-order valence-corrected chi connectivity index (χ1v) is 7.36. The molecule has 1 heterocycles. The smallest absolute Gasteiger partial charge is 0.164 e. The van der Waals surface area contributed by atoms with Gasteiger partial charge >= 0.3 is 0 Å². The van der Waals surface area contributed by atoms with E-state index in [9.17, 15) is 0 Å². The Morgan fingerprint density at radius 1 is 1.28 bits per heavy atom. The fourth-order valence-corrected chi connectivity index (χ4v) is 2.56. The minimum atomic E-state index is 0.582. The molecule has 0 aliphatic heterocycles. The van der Waals surface area contributed by atoms with Crippen molar-refractivity contribution in [2.45, 2.75) is 65.0 Å². The molecule has 1 aromatic rings. The van der Waals surface area contributed by atoms with E-state index in [2.05, 4.69) is 33.9 Å². The van der Waals surface area contributed by atoms with Crippen LogP contribution in [0.5, 0.6) is 0 Å². The van der Waals surface area contributed by atoms with E-state index >= 15 is 0 Å². The first-order chi connectivity index (χ1) is 8.75. The van der Waals surface area contributed by atoms with Gasteiger partial charge in [0.2, 0.25) is 0 Å². The Labute approximate surface area is 110 Å². The molecule has 1 N–H and O–H groups in total. The van der Waals surface area contributed by atoms with Gasteiger partial charge in [0.05, 0.1) is 12.6 Å². The molecule has 102 valence electrons. The molecular formula is C14H26N4. The number of rotatable bonds is 5. The summed E-state index contributed by atoms with van der Waals surface area (Å²) in [6, 6.07) is 0.582. The summed E-state index contributed by atoms with van der Waals surface area (Å²) in [5, 5.41) is 8.01. The standard InChI is InChI=1S/C14H26N4/c1-12(2)9-15-10-14-16-11-18(17-14)13-7-5-3-4-6-8-13/h11-13,15H,3-10H2,1-2H3. The van der Waals surface area contributed by atoms with E-state index in [4.69, 9.17) is 0 Å². The van der Waals surface area contributed by atoms with Crippen LogP contribution in [0.15, 0.2) is 6.33 Å². The fourth-order valence-electron chi connectivity index (χ4n) is 2.56. The highest BCUT2D eigenvalue weighted by atomic mass is 15.3. The van der Waals surface area contributed by atoms with Gasteiger partial charge in [-0.15, -0.1) is 0 Å². The predicted molar refractivity (Wildman–Crippen MR) is 73.3 cm³/mol. The molecule has 1 aromatic heterocycles. The number of nitrogens with one attached hydrogen (secondary N) is 1. The molecule has 1 saturated carbocycles. The molecule has 4 nitrogen and oxygen atoms in total. The monoisotopic (exact) mass is 250 g/mol. The molecule has 0 aromatic carbocycles. The van der Waals surface area contributed by atoms with E-state index in [0.717, 1.165) is 18.9 Å². The third-order valence-electron chi connectivity index (χ3n) is 3.59. The van der Waals surface area contributed by atoms with Crippen molar-refractivity contribution in [2.75, 3.05) is 6.54 Å². The Balaban J connectivity index is 1.84. The molecule has 4 heteroatoms. The second-order valence-electron chi connectivity index (χ2n) is 5.81. The summed E-state index contributed by atoms with van der Waals surface area (Å²) in [6.45, 7) is 6.24. The van der Waals surface area contributed by atoms with Gasteiger partial charge < -0.3 is 5.32 Å². The highest BCUT2D eigenvalue weighted by Gasteiger charge is 2.15. The van der Waals surface area contributed by atoms with Gasteiger partial charge in [0.1, 0.15) is 6.33 Å². The summed E-state index contributed by atoms with van der Waals surface area (Å²) in [4.78, 5) is 4.41. The molecule has 0 saturated heterocycles. The normalized spacial score (nSPS) is 18.2. The van der Waals surface area contributed by atoms with Gasteiger partial charge in [-0.2, -0.15) is 5.10 Å². The molecule has 0 amide bonds. The number of nitrogens with zero attached hydrogens (tertiary/aromatic N) is 3. The lowest BCUT2D eigenvalue weighted by Gasteiger charge is -2.13. The van der Waals surface area contributed by atoms with Gasteiger partial charge in [0, 0.05) is 0 Å². The molecule has 0 unspecified atom stereocenters. The zero-order chi connectivity index (χ0) is 12.8. The SMILES string of the molecule is CC(C)CNCc1ncn(C2CCCCCC2)n1. The molecule has 0 spiro atoms. The minimum Gasteiger partial charge on any atom is -0.310 e. The summed E-state index contributed by atoms with van der Waals surface area (Å²) in [6.07, 6.45) is 9.89. The summed E-state index contributed by atoms with van der Waals surface area (Å²) in [5.41, 5.74) is 0. The van der Waals surface area contributed by atoms with Gasteiger partial charge in [-0.1, -0.05) is 39.5 Å². The first-order valence-electron chi connectivity index (χ1n) is 7.36. The van der Waals surface area contributed by atoms with Crippen LogP contribution < -0.4 is 5.32 Å². The van der Waals surface area contributed by atoms with Gasteiger partial charge in [-0.25, -0.2) is 9.67 Å². The zero-order valence-electron chi connectivity index (χ0n) is 11.7. The van der Waals surface area contributed by atoms with Gasteiger partial charge in [0.25, 0.3) is 0 Å². The Hall–Kier alpha value is -0.900. The average molecular weight is 250 g/mol. The predicted octanol–water partition coefficient (Wildman–Crippen LogP) is 2.92. The van der Waals surface area contributed by atoms with E-state index in [1.165, 1.54) is 38.5 Å². The number of hydrogen-bond acceptors (Lipinski definition) is 3. The molecular weight excluding hydrogens is 224 g/mol. The topological polar surface area (TPSA) is 42.7 Å². The van der Waals surface area contributed by atoms with Crippen LogP contribution in [0.2, 0.25) is 0 Å². The van der Waals surface area contributed by atoms with Crippen LogP contribution in [-0.2, 0) is 6.54 Å². The van der Waals surface area contributed by atoms with Crippen LogP contribution in [0.25, 0.3) is 0 Å². The summed E-state index contributed by atoms with van der Waals surface area (Å²) >= 11 is 0. The van der Waals surface area contributed by atoms with Crippen molar-refractivity contribution in [1.29, 1.82) is 0 Å². The Morgan fingerprint density at radius 2 is 2.00 bits per heavy atom. The Kier molecular flexibility index (Phi) is 5.17. The van der Waals surface area contributed by atoms with Crippen molar-refractivity contribution in [3.63, 3.8) is 0 Å². The van der Waals surface area contributed by atoms with E-state index in [-0.39, 0.29) is 0 Å². The average Bonchev–Trinajstić information content (AvgIpc) is 2.63. The maximum Gasteiger partial charge on any atom is 0.164 e. The van der Waals surface area contributed by atoms with Crippen molar-refractivity contribution in [1.82, 2.24) is 20.1 Å². The van der Waals surface area contributed by atoms with Gasteiger partial charge in [0.15, 0.2) is 5.82 Å². The van der Waals surface area contributed by atoms with Crippen LogP contribution >= 0.6 is 0 Å². The van der Waals surface area contributed by atoms with Crippen LogP contribution in [0.3, 0.4) is 0 Å². The van der Waals surface area contributed by atoms with E-state index in [1.54, 1.807) is 0 Å². The van der Waals surface area contributed by atoms with E-state index in [0.29, 0.717) is 12.0 Å². The third-order valence-corrected chi connectivity index (χ3v) is 3.59. The molecule has 0 bridgehead atoms. The molecule has 0 radical (unpaired) electrons. The lowest BCUT2D eigenvalue weighted by atomic mass is 10.1. The second-order valence-corrected chi connectivity index (χ2v) is 5.81. The zero-order valence-corrected chi connectivity index (χ0v) is 11.7. The van der Waals surface area contributed by atoms with Crippen LogP contribution in [-0.4, -0.2) is 21.3 Å². The molecule has 1 aliphatic rings. The lowest BCUT2D eigenvalue weighted by molar-refractivity contribution is 0.401. The van der Waals surface area contributed by atoms with Gasteiger partial charge in [-0.05, 0) is 25.3 Å². The van der Waals surface area contributed by atoms with Crippen molar-refractivity contribution >= 4 is 0 Å². The molecule has 18 heavy (non-hydrogen) atoms. The van der Waals surface area contributed by atoms with Crippen molar-refractivity contribution in [3.8, 4) is 0 Å². The largest absolute Gasteiger partial charge is 0.310 e. The van der Waals surface area contributed by atoms with Crippen LogP contribution in [0, 0.1) is 5.92 Å². The third kappa shape index (κ3) is 4.09. The summed E-state index contributed by atoms with van der Waals surface area (Å²) < 4.78 is 2.09. The van der Waals surface area contributed by atoms with Crippen molar-refractivity contribution in [3.05, 3.63) is 12.2 Å². The second kappa shape index (κ2) is 6.88. The molecule has 1 aliphatic carbocycles. The molecule has 2 rings (SSSR count). The van der Waals surface area contributed by atoms with Crippen LogP contribution in [0.4, 0.5) is 0 Å². The fraction of sp³-hybridized carbons (Fsp3) is 0.857. The first kappa shape index (κ1) is 13.5. The van der Waals surface area contributed by atoms with E-state index in [1.807, 2.05) is 6.33 Å². The lowest BCUT2D eigenvalue weighted by Crippen LogP contribution is -2.20. The molecule has 1 fully saturated rings. The highest BCUT2D eigenvalue weighted by Crippen LogP contribution is 2.26. The van der Waals surface area contributed by atoms with Crippen molar-refractivity contribution < 1.29 is 0 Å². The Morgan fingerprint density at radius 3 is 2.67 bits per heavy atom. The van der Waals surface area contributed by atoms with Crippen molar-refractivity contribution in [2.24, 2.45) is 5.92 Å². The quantitative estimate of drug-likeness (QED) is 0.817. The van der Waals surface area contributed by atoms with Gasteiger partial charge in [-0.3, -0.25) is 0 Å². The Bertz CT molecular complexity index is 337. The molecule has 0 atom stereocenters. The maximum atomic E-state index is 4.62. The van der Waals surface area contributed by atoms with Crippen LogP contribution in [0.1, 0.15) is 64.2 Å². The maximum absolute atomic E-state index is 4.62. The number of aromatic nitrogens is 3. The summed E-state index contributed by atoms with van der Waals surface area (Å²) in [7, 11) is 0. The van der Waals surface area contributed by atoms with E-state index < -0.39 is 0 Å². The number of hydrogen-bond donors (Lipinski definition) is 1. The minimum absolute atomic E-state index is 0.582. The summed E-state index contributed by atoms with van der Waals surface area (Å²) in [5.74, 6) is 1.61.